The van der Waals surface area contributed by atoms with E-state index in [0.717, 1.165) is 6.42 Å². The van der Waals surface area contributed by atoms with Crippen LogP contribution in [0.4, 0.5) is 0 Å². The Morgan fingerprint density at radius 1 is 1.50 bits per heavy atom. The first kappa shape index (κ1) is 11.5. The molecule has 0 aromatic carbocycles. The van der Waals surface area contributed by atoms with Gasteiger partial charge in [-0.1, -0.05) is 0 Å². The molecule has 0 aromatic rings. The summed E-state index contributed by atoms with van der Waals surface area (Å²) in [5.74, 6) is 0.0976. The average Bonchev–Trinajstić information content (AvgIpc) is 2.02. The normalized spacial score (nSPS) is 25.6. The van der Waals surface area contributed by atoms with Gasteiger partial charge in [0.1, 0.15) is 0 Å². The molecule has 0 amide bonds. The number of hydrogen-bond donors (Lipinski definition) is 0. The highest BCUT2D eigenvalue weighted by molar-refractivity contribution is 7.91. The number of ether oxygens (including phenoxy) is 1. The van der Waals surface area contributed by atoms with Gasteiger partial charge in [-0.3, -0.25) is 4.79 Å². The van der Waals surface area contributed by atoms with Gasteiger partial charge < -0.3 is 4.74 Å². The lowest BCUT2D eigenvalue weighted by atomic mass is 10.0. The fourth-order valence-corrected chi connectivity index (χ4v) is 3.51. The van der Waals surface area contributed by atoms with Crippen LogP contribution in [0.5, 0.6) is 0 Å². The van der Waals surface area contributed by atoms with Gasteiger partial charge in [-0.2, -0.15) is 0 Å². The molecule has 1 atom stereocenters. The lowest BCUT2D eigenvalue weighted by molar-refractivity contribution is -0.144. The Labute approximate surface area is 84.6 Å². The van der Waals surface area contributed by atoms with E-state index in [4.69, 9.17) is 4.74 Å². The van der Waals surface area contributed by atoms with Crippen molar-refractivity contribution >= 4 is 15.8 Å². The third-order valence-electron chi connectivity index (χ3n) is 2.32. The van der Waals surface area contributed by atoms with E-state index in [1.165, 1.54) is 0 Å². The molecule has 4 nitrogen and oxygen atoms in total. The summed E-state index contributed by atoms with van der Waals surface area (Å²) in [7, 11) is -2.90. The van der Waals surface area contributed by atoms with E-state index in [2.05, 4.69) is 0 Å². The van der Waals surface area contributed by atoms with Crippen LogP contribution in [-0.2, 0) is 19.4 Å². The van der Waals surface area contributed by atoms with E-state index < -0.39 is 9.84 Å². The highest BCUT2D eigenvalue weighted by Crippen LogP contribution is 2.21. The van der Waals surface area contributed by atoms with Crippen LogP contribution >= 0.6 is 0 Å². The Morgan fingerprint density at radius 3 is 2.79 bits per heavy atom. The van der Waals surface area contributed by atoms with Gasteiger partial charge in [0, 0.05) is 6.42 Å². The molecule has 1 saturated heterocycles. The van der Waals surface area contributed by atoms with E-state index in [1.54, 1.807) is 6.92 Å². The summed E-state index contributed by atoms with van der Waals surface area (Å²) in [6.45, 7) is 2.10. The maximum Gasteiger partial charge on any atom is 0.306 e. The molecule has 5 heteroatoms. The van der Waals surface area contributed by atoms with Crippen molar-refractivity contribution < 1.29 is 17.9 Å². The highest BCUT2D eigenvalue weighted by Gasteiger charge is 2.26. The molecule has 1 rings (SSSR count). The molecule has 1 unspecified atom stereocenters. The van der Waals surface area contributed by atoms with Crippen LogP contribution in [0.15, 0.2) is 0 Å². The maximum absolute atomic E-state index is 11.2. The summed E-state index contributed by atoms with van der Waals surface area (Å²) < 4.78 is 27.3. The summed E-state index contributed by atoms with van der Waals surface area (Å²) in [5, 5.41) is 0. The zero-order chi connectivity index (χ0) is 10.6. The second kappa shape index (κ2) is 4.77. The third kappa shape index (κ3) is 3.65. The standard InChI is InChI=1S/C9H16O4S/c1-2-13-9(10)6-8-4-3-5-14(11,12)7-8/h8H,2-7H2,1H3. The Kier molecular flexibility index (Phi) is 3.92. The van der Waals surface area contributed by atoms with Crippen molar-refractivity contribution in [1.29, 1.82) is 0 Å². The first-order chi connectivity index (χ1) is 6.53. The predicted molar refractivity (Wildman–Crippen MR) is 52.6 cm³/mol. The number of rotatable bonds is 3. The van der Waals surface area contributed by atoms with Crippen LogP contribution in [0.3, 0.4) is 0 Å². The summed E-state index contributed by atoms with van der Waals surface area (Å²) in [4.78, 5) is 11.1. The minimum absolute atomic E-state index is 0.0344. The van der Waals surface area contributed by atoms with Crippen molar-refractivity contribution in [2.75, 3.05) is 18.1 Å². The van der Waals surface area contributed by atoms with Gasteiger partial charge in [-0.25, -0.2) is 8.42 Å². The van der Waals surface area contributed by atoms with Crippen molar-refractivity contribution in [2.24, 2.45) is 5.92 Å². The zero-order valence-corrected chi connectivity index (χ0v) is 9.18. The number of carbonyl (C=O) groups is 1. The Balaban J connectivity index is 2.42. The van der Waals surface area contributed by atoms with Crippen LogP contribution < -0.4 is 0 Å². The molecule has 1 aliphatic rings. The van der Waals surface area contributed by atoms with Gasteiger partial charge in [-0.15, -0.1) is 0 Å². The molecule has 1 aliphatic heterocycles. The molecule has 0 aromatic heterocycles. The molecule has 0 aliphatic carbocycles. The molecule has 82 valence electrons. The van der Waals surface area contributed by atoms with E-state index in [-0.39, 0.29) is 29.8 Å². The van der Waals surface area contributed by atoms with Crippen molar-refractivity contribution in [1.82, 2.24) is 0 Å². The van der Waals surface area contributed by atoms with E-state index >= 15 is 0 Å². The molecule has 1 heterocycles. The van der Waals surface area contributed by atoms with Gasteiger partial charge in [0.15, 0.2) is 9.84 Å². The highest BCUT2D eigenvalue weighted by atomic mass is 32.2. The fraction of sp³-hybridized carbons (Fsp3) is 0.889. The summed E-state index contributed by atoms with van der Waals surface area (Å²) >= 11 is 0. The monoisotopic (exact) mass is 220 g/mol. The SMILES string of the molecule is CCOC(=O)CC1CCCS(=O)(=O)C1. The Morgan fingerprint density at radius 2 is 2.21 bits per heavy atom. The number of esters is 1. The minimum atomic E-state index is -2.90. The molecule has 0 bridgehead atoms. The van der Waals surface area contributed by atoms with Crippen molar-refractivity contribution in [3.8, 4) is 0 Å². The number of carbonyl (C=O) groups excluding carboxylic acids is 1. The van der Waals surface area contributed by atoms with E-state index in [9.17, 15) is 13.2 Å². The van der Waals surface area contributed by atoms with Crippen LogP contribution in [0, 0.1) is 5.92 Å². The van der Waals surface area contributed by atoms with Gasteiger partial charge in [0.05, 0.1) is 18.1 Å². The van der Waals surface area contributed by atoms with Gasteiger partial charge in [0.25, 0.3) is 0 Å². The largest absolute Gasteiger partial charge is 0.466 e. The number of sulfone groups is 1. The zero-order valence-electron chi connectivity index (χ0n) is 8.36. The predicted octanol–water partition coefficient (Wildman–Crippen LogP) is 0.764. The molecule has 14 heavy (non-hydrogen) atoms. The smallest absolute Gasteiger partial charge is 0.306 e. The lowest BCUT2D eigenvalue weighted by Crippen LogP contribution is -2.27. The molecule has 1 fully saturated rings. The molecular weight excluding hydrogens is 204 g/mol. The molecule has 0 spiro atoms. The van der Waals surface area contributed by atoms with Crippen molar-refractivity contribution in [3.05, 3.63) is 0 Å². The first-order valence-corrected chi connectivity index (χ1v) is 6.71. The van der Waals surface area contributed by atoms with Gasteiger partial charge in [0.2, 0.25) is 0 Å². The lowest BCUT2D eigenvalue weighted by Gasteiger charge is -2.20. The van der Waals surface area contributed by atoms with Crippen LogP contribution in [0.1, 0.15) is 26.2 Å². The molecule has 0 radical (unpaired) electrons. The minimum Gasteiger partial charge on any atom is -0.466 e. The maximum atomic E-state index is 11.2. The molecule has 0 saturated carbocycles. The summed E-state index contributed by atoms with van der Waals surface area (Å²) in [6.07, 6.45) is 1.73. The fourth-order valence-electron chi connectivity index (χ4n) is 1.73. The third-order valence-corrected chi connectivity index (χ3v) is 4.21. The van der Waals surface area contributed by atoms with Gasteiger partial charge >= 0.3 is 5.97 Å². The second-order valence-electron chi connectivity index (χ2n) is 3.63. The van der Waals surface area contributed by atoms with E-state index in [0.29, 0.717) is 13.0 Å². The molecular formula is C9H16O4S. The van der Waals surface area contributed by atoms with Crippen LogP contribution in [0.25, 0.3) is 0 Å². The average molecular weight is 220 g/mol. The second-order valence-corrected chi connectivity index (χ2v) is 5.86. The molecule has 0 N–H and O–H groups in total. The summed E-state index contributed by atoms with van der Waals surface area (Å²) in [6, 6.07) is 0. The quantitative estimate of drug-likeness (QED) is 0.659. The number of hydrogen-bond acceptors (Lipinski definition) is 4. The van der Waals surface area contributed by atoms with Crippen LogP contribution in [-0.4, -0.2) is 32.5 Å². The Hall–Kier alpha value is -0.580. The van der Waals surface area contributed by atoms with Crippen molar-refractivity contribution in [3.63, 3.8) is 0 Å². The topological polar surface area (TPSA) is 60.4 Å². The van der Waals surface area contributed by atoms with Gasteiger partial charge in [-0.05, 0) is 25.7 Å². The van der Waals surface area contributed by atoms with Crippen LogP contribution in [0.2, 0.25) is 0 Å². The van der Waals surface area contributed by atoms with Crippen molar-refractivity contribution in [2.45, 2.75) is 26.2 Å². The summed E-state index contributed by atoms with van der Waals surface area (Å²) in [5.41, 5.74) is 0. The Bertz CT molecular complexity index is 294. The first-order valence-electron chi connectivity index (χ1n) is 4.89. The van der Waals surface area contributed by atoms with E-state index in [1.807, 2.05) is 0 Å².